The smallest absolute Gasteiger partial charge is 0.159 e. The summed E-state index contributed by atoms with van der Waals surface area (Å²) in [7, 11) is 0. The predicted molar refractivity (Wildman–Crippen MR) is 106 cm³/mol. The van der Waals surface area contributed by atoms with Gasteiger partial charge in [-0.2, -0.15) is 15.0 Å². The standard InChI is InChI=1S/C23H35N3O2/c1-22(28)9-7-16-15(13-22)3-4-18-17(16)8-10-23(2)19(18)5-6-20(23)21(27)14-26-24-11-12-25-26/h11-12,15-20,28H,3-10,13-14H2,1-2H3/t15-,16+,17-,18-,19+,20-,22+,23+/m1/s1. The third kappa shape index (κ3) is 2.96. The Kier molecular flexibility index (Phi) is 4.46. The second-order valence-electron chi connectivity index (χ2n) is 10.9. The minimum absolute atomic E-state index is 0.165. The maximum atomic E-state index is 13.1. The molecule has 4 aliphatic carbocycles. The van der Waals surface area contributed by atoms with Crippen LogP contribution in [0.25, 0.3) is 0 Å². The number of Topliss-reactive ketones (excluding diaryl/α,β-unsaturated/α-hetero) is 1. The monoisotopic (exact) mass is 385 g/mol. The molecule has 0 aromatic carbocycles. The van der Waals surface area contributed by atoms with Crippen LogP contribution < -0.4 is 0 Å². The summed E-state index contributed by atoms with van der Waals surface area (Å²) < 4.78 is 0. The maximum absolute atomic E-state index is 13.1. The lowest BCUT2D eigenvalue weighted by atomic mass is 9.49. The first kappa shape index (κ1) is 18.8. The van der Waals surface area contributed by atoms with Gasteiger partial charge in [-0.3, -0.25) is 4.79 Å². The van der Waals surface area contributed by atoms with Crippen LogP contribution in [0.5, 0.6) is 0 Å². The Labute approximate surface area is 168 Å². The van der Waals surface area contributed by atoms with E-state index in [1.807, 2.05) is 6.92 Å². The summed E-state index contributed by atoms with van der Waals surface area (Å²) in [6, 6.07) is 0. The minimum Gasteiger partial charge on any atom is -0.390 e. The molecule has 0 radical (unpaired) electrons. The zero-order valence-electron chi connectivity index (χ0n) is 17.4. The van der Waals surface area contributed by atoms with Gasteiger partial charge in [0.25, 0.3) is 0 Å². The molecule has 5 nitrogen and oxygen atoms in total. The third-order valence-electron chi connectivity index (χ3n) is 9.39. The Balaban J connectivity index is 1.32. The molecule has 4 saturated carbocycles. The number of carbonyl (C=O) groups excluding carboxylic acids is 1. The van der Waals surface area contributed by atoms with Crippen molar-refractivity contribution < 1.29 is 9.90 Å². The van der Waals surface area contributed by atoms with E-state index in [1.54, 1.807) is 17.2 Å². The molecular formula is C23H35N3O2. The first-order valence-corrected chi connectivity index (χ1v) is 11.5. The molecule has 154 valence electrons. The normalized spacial score (nSPS) is 47.8. The largest absolute Gasteiger partial charge is 0.390 e. The lowest BCUT2D eigenvalue weighted by Crippen LogP contribution is -2.51. The minimum atomic E-state index is -0.442. The molecule has 4 fully saturated rings. The molecule has 8 atom stereocenters. The van der Waals surface area contributed by atoms with Gasteiger partial charge >= 0.3 is 0 Å². The van der Waals surface area contributed by atoms with Gasteiger partial charge in [0.1, 0.15) is 6.54 Å². The lowest BCUT2D eigenvalue weighted by Gasteiger charge is -2.56. The summed E-state index contributed by atoms with van der Waals surface area (Å²) in [6.07, 6.45) is 13.8. The second-order valence-corrected chi connectivity index (χ2v) is 10.9. The fourth-order valence-corrected chi connectivity index (χ4v) is 8.19. The molecule has 1 N–H and O–H groups in total. The molecule has 1 aromatic heterocycles. The Morgan fingerprint density at radius 3 is 2.54 bits per heavy atom. The number of fused-ring (bicyclic) bond motifs is 5. The summed E-state index contributed by atoms with van der Waals surface area (Å²) in [5, 5.41) is 18.8. The van der Waals surface area contributed by atoms with Crippen molar-refractivity contribution in [3.05, 3.63) is 12.4 Å². The van der Waals surface area contributed by atoms with Crippen molar-refractivity contribution in [2.24, 2.45) is 40.9 Å². The van der Waals surface area contributed by atoms with Crippen LogP contribution in [0.3, 0.4) is 0 Å². The van der Waals surface area contributed by atoms with Crippen LogP contribution in [0.4, 0.5) is 0 Å². The van der Waals surface area contributed by atoms with E-state index in [0.717, 1.165) is 42.9 Å². The fourth-order valence-electron chi connectivity index (χ4n) is 8.19. The molecule has 1 heterocycles. The topological polar surface area (TPSA) is 68.0 Å². The molecule has 0 spiro atoms. The van der Waals surface area contributed by atoms with Crippen molar-refractivity contribution in [1.82, 2.24) is 15.0 Å². The van der Waals surface area contributed by atoms with E-state index in [0.29, 0.717) is 18.2 Å². The fraction of sp³-hybridized carbons (Fsp3) is 0.870. The van der Waals surface area contributed by atoms with Gasteiger partial charge < -0.3 is 5.11 Å². The first-order valence-electron chi connectivity index (χ1n) is 11.5. The number of hydrogen-bond donors (Lipinski definition) is 1. The van der Waals surface area contributed by atoms with Gasteiger partial charge in [-0.15, -0.1) is 0 Å². The molecule has 5 rings (SSSR count). The van der Waals surface area contributed by atoms with Crippen molar-refractivity contribution in [2.75, 3.05) is 0 Å². The van der Waals surface area contributed by atoms with E-state index in [2.05, 4.69) is 17.1 Å². The first-order chi connectivity index (χ1) is 13.4. The van der Waals surface area contributed by atoms with Crippen molar-refractivity contribution in [1.29, 1.82) is 0 Å². The number of hydrogen-bond acceptors (Lipinski definition) is 4. The van der Waals surface area contributed by atoms with Gasteiger partial charge in [0.2, 0.25) is 0 Å². The zero-order chi connectivity index (χ0) is 19.5. The summed E-state index contributed by atoms with van der Waals surface area (Å²) in [6.45, 7) is 4.78. The average molecular weight is 386 g/mol. The molecule has 1 aromatic rings. The number of aromatic nitrogens is 3. The summed E-state index contributed by atoms with van der Waals surface area (Å²) in [5.74, 6) is 4.37. The van der Waals surface area contributed by atoms with Crippen LogP contribution in [0.1, 0.15) is 71.6 Å². The van der Waals surface area contributed by atoms with E-state index < -0.39 is 5.60 Å². The molecule has 0 unspecified atom stereocenters. The number of ketones is 1. The summed E-state index contributed by atoms with van der Waals surface area (Å²) >= 11 is 0. The molecular weight excluding hydrogens is 350 g/mol. The van der Waals surface area contributed by atoms with Gasteiger partial charge in [-0.05, 0) is 99.7 Å². The molecule has 0 aliphatic heterocycles. The third-order valence-corrected chi connectivity index (χ3v) is 9.39. The molecule has 0 bridgehead atoms. The second kappa shape index (κ2) is 6.65. The number of aliphatic hydroxyl groups is 1. The highest BCUT2D eigenvalue weighted by atomic mass is 16.3. The molecule has 5 heteroatoms. The van der Waals surface area contributed by atoms with Crippen LogP contribution >= 0.6 is 0 Å². The van der Waals surface area contributed by atoms with Gasteiger partial charge in [0.05, 0.1) is 18.0 Å². The highest BCUT2D eigenvalue weighted by Gasteiger charge is 2.58. The molecule has 4 aliphatic rings. The highest BCUT2D eigenvalue weighted by Crippen LogP contribution is 2.64. The van der Waals surface area contributed by atoms with Crippen molar-refractivity contribution >= 4 is 5.78 Å². The van der Waals surface area contributed by atoms with Gasteiger partial charge in [-0.25, -0.2) is 0 Å². The van der Waals surface area contributed by atoms with Crippen molar-refractivity contribution in [3.8, 4) is 0 Å². The molecule has 0 amide bonds. The quantitative estimate of drug-likeness (QED) is 0.858. The lowest BCUT2D eigenvalue weighted by molar-refractivity contribution is -0.133. The van der Waals surface area contributed by atoms with Gasteiger partial charge in [-0.1, -0.05) is 6.92 Å². The Hall–Kier alpha value is -1.23. The van der Waals surface area contributed by atoms with Crippen LogP contribution in [-0.4, -0.2) is 31.5 Å². The van der Waals surface area contributed by atoms with E-state index in [9.17, 15) is 9.90 Å². The molecule has 0 saturated heterocycles. The SMILES string of the molecule is C[C@]1(O)CC[C@H]2[C@H](CC[C@@H]3[C@@H]2CC[C@]2(C)[C@@H](C(=O)Cn4nccn4)CC[C@@H]32)C1. The van der Waals surface area contributed by atoms with E-state index in [4.69, 9.17) is 0 Å². The Morgan fingerprint density at radius 1 is 1.00 bits per heavy atom. The van der Waals surface area contributed by atoms with Gasteiger partial charge in [0.15, 0.2) is 5.78 Å². The van der Waals surface area contributed by atoms with Gasteiger partial charge in [0, 0.05) is 5.92 Å². The number of rotatable bonds is 3. The molecule has 28 heavy (non-hydrogen) atoms. The number of nitrogens with zero attached hydrogens (tertiary/aromatic N) is 3. The van der Waals surface area contributed by atoms with Crippen LogP contribution in [0.2, 0.25) is 0 Å². The van der Waals surface area contributed by atoms with Crippen LogP contribution in [-0.2, 0) is 11.3 Å². The predicted octanol–water partition coefficient (Wildman–Crippen LogP) is 3.87. The van der Waals surface area contributed by atoms with Crippen LogP contribution in [0, 0.1) is 40.9 Å². The highest BCUT2D eigenvalue weighted by molar-refractivity contribution is 5.81. The van der Waals surface area contributed by atoms with E-state index in [-0.39, 0.29) is 11.3 Å². The maximum Gasteiger partial charge on any atom is 0.159 e. The number of carbonyl (C=O) groups is 1. The summed E-state index contributed by atoms with van der Waals surface area (Å²) in [5.41, 5.74) is -0.277. The Morgan fingerprint density at radius 2 is 1.75 bits per heavy atom. The van der Waals surface area contributed by atoms with Crippen molar-refractivity contribution in [2.45, 2.75) is 83.8 Å². The zero-order valence-corrected chi connectivity index (χ0v) is 17.4. The van der Waals surface area contributed by atoms with Crippen molar-refractivity contribution in [3.63, 3.8) is 0 Å². The Bertz CT molecular complexity index is 730. The average Bonchev–Trinajstić information content (AvgIpc) is 3.27. The van der Waals surface area contributed by atoms with E-state index in [1.165, 1.54) is 38.5 Å². The van der Waals surface area contributed by atoms with E-state index >= 15 is 0 Å². The summed E-state index contributed by atoms with van der Waals surface area (Å²) in [4.78, 5) is 14.6. The van der Waals surface area contributed by atoms with Crippen LogP contribution in [0.15, 0.2) is 12.4 Å².